The Morgan fingerprint density at radius 3 is 2.59 bits per heavy atom. The second-order valence-corrected chi connectivity index (χ2v) is 6.54. The van der Waals surface area contributed by atoms with Crippen molar-refractivity contribution in [1.82, 2.24) is 15.5 Å². The van der Waals surface area contributed by atoms with Gasteiger partial charge in [0.05, 0.1) is 25.4 Å². The van der Waals surface area contributed by atoms with Gasteiger partial charge in [0.15, 0.2) is 5.96 Å². The van der Waals surface area contributed by atoms with Gasteiger partial charge in [0.1, 0.15) is 0 Å². The standard InChI is InChI=1S/C15H30N4O2.HI/c1-4-16-14(18-13-9-12(13)2)17-10-15(3,20)11-19-5-7-21-8-6-19;/h12-13,20H,4-11H2,1-3H3,(H2,16,17,18);1H. The zero-order valence-electron chi connectivity index (χ0n) is 14.0. The second kappa shape index (κ2) is 9.24. The van der Waals surface area contributed by atoms with E-state index in [0.717, 1.165) is 44.7 Å². The molecule has 0 aromatic carbocycles. The maximum absolute atomic E-state index is 10.5. The fourth-order valence-corrected chi connectivity index (χ4v) is 2.56. The fraction of sp³-hybridized carbons (Fsp3) is 0.933. The largest absolute Gasteiger partial charge is 0.387 e. The highest BCUT2D eigenvalue weighted by molar-refractivity contribution is 14.0. The molecular formula is C15H31IN4O2. The zero-order chi connectivity index (χ0) is 15.3. The van der Waals surface area contributed by atoms with E-state index < -0.39 is 5.60 Å². The van der Waals surface area contributed by atoms with Crippen LogP contribution in [0.15, 0.2) is 4.99 Å². The molecule has 2 rings (SSSR count). The molecule has 22 heavy (non-hydrogen) atoms. The van der Waals surface area contributed by atoms with Crippen LogP contribution in [0.25, 0.3) is 0 Å². The molecule has 0 amide bonds. The number of morpholine rings is 1. The number of aliphatic hydroxyl groups is 1. The normalized spacial score (nSPS) is 28.5. The Morgan fingerprint density at radius 1 is 1.41 bits per heavy atom. The van der Waals surface area contributed by atoms with Gasteiger partial charge in [0.2, 0.25) is 0 Å². The molecule has 6 nitrogen and oxygen atoms in total. The van der Waals surface area contributed by atoms with Gasteiger partial charge in [-0.2, -0.15) is 0 Å². The van der Waals surface area contributed by atoms with Gasteiger partial charge in [-0.15, -0.1) is 24.0 Å². The van der Waals surface area contributed by atoms with Crippen molar-refractivity contribution in [2.24, 2.45) is 10.9 Å². The van der Waals surface area contributed by atoms with Gasteiger partial charge in [-0.1, -0.05) is 6.92 Å². The number of guanidine groups is 1. The van der Waals surface area contributed by atoms with Gasteiger partial charge in [-0.3, -0.25) is 9.89 Å². The lowest BCUT2D eigenvalue weighted by Crippen LogP contribution is -2.48. The van der Waals surface area contributed by atoms with Crippen LogP contribution >= 0.6 is 24.0 Å². The summed E-state index contributed by atoms with van der Waals surface area (Å²) >= 11 is 0. The van der Waals surface area contributed by atoms with Crippen molar-refractivity contribution in [3.63, 3.8) is 0 Å². The molecule has 2 aliphatic rings. The predicted molar refractivity (Wildman–Crippen MR) is 100.0 cm³/mol. The van der Waals surface area contributed by atoms with E-state index in [9.17, 15) is 5.11 Å². The van der Waals surface area contributed by atoms with E-state index in [1.54, 1.807) is 0 Å². The molecule has 0 aromatic heterocycles. The molecule has 1 heterocycles. The van der Waals surface area contributed by atoms with Crippen LogP contribution in [0.3, 0.4) is 0 Å². The first-order valence-electron chi connectivity index (χ1n) is 8.07. The van der Waals surface area contributed by atoms with E-state index in [1.807, 2.05) is 6.92 Å². The molecule has 0 bridgehead atoms. The van der Waals surface area contributed by atoms with Crippen molar-refractivity contribution in [3.05, 3.63) is 0 Å². The Morgan fingerprint density at radius 2 is 2.05 bits per heavy atom. The van der Waals surface area contributed by atoms with E-state index in [4.69, 9.17) is 4.74 Å². The zero-order valence-corrected chi connectivity index (χ0v) is 16.3. The van der Waals surface area contributed by atoms with E-state index >= 15 is 0 Å². The number of halogens is 1. The van der Waals surface area contributed by atoms with Gasteiger partial charge in [-0.25, -0.2) is 0 Å². The second-order valence-electron chi connectivity index (χ2n) is 6.54. The van der Waals surface area contributed by atoms with Gasteiger partial charge < -0.3 is 20.5 Å². The van der Waals surface area contributed by atoms with E-state index in [1.165, 1.54) is 6.42 Å². The van der Waals surface area contributed by atoms with Crippen LogP contribution in [0.2, 0.25) is 0 Å². The van der Waals surface area contributed by atoms with Crippen molar-refractivity contribution < 1.29 is 9.84 Å². The number of aliphatic imine (C=N–C) groups is 1. The van der Waals surface area contributed by atoms with Crippen LogP contribution in [-0.2, 0) is 4.74 Å². The lowest BCUT2D eigenvalue weighted by Gasteiger charge is -2.33. The molecule has 1 saturated heterocycles. The number of hydrogen-bond donors (Lipinski definition) is 3. The molecule has 3 N–H and O–H groups in total. The third kappa shape index (κ3) is 6.97. The molecule has 2 fully saturated rings. The summed E-state index contributed by atoms with van der Waals surface area (Å²) in [4.78, 5) is 6.79. The van der Waals surface area contributed by atoms with Crippen molar-refractivity contribution >= 4 is 29.9 Å². The van der Waals surface area contributed by atoms with Crippen LogP contribution in [0.5, 0.6) is 0 Å². The van der Waals surface area contributed by atoms with Gasteiger partial charge in [-0.05, 0) is 26.2 Å². The molecule has 7 heteroatoms. The summed E-state index contributed by atoms with van der Waals surface area (Å²) in [5.74, 6) is 1.54. The summed E-state index contributed by atoms with van der Waals surface area (Å²) in [7, 11) is 0. The quantitative estimate of drug-likeness (QED) is 0.331. The third-order valence-corrected chi connectivity index (χ3v) is 4.02. The SMILES string of the molecule is CCNC(=NCC(C)(O)CN1CCOCC1)NC1CC1C.I. The first-order valence-corrected chi connectivity index (χ1v) is 8.07. The number of nitrogens with zero attached hydrogens (tertiary/aromatic N) is 2. The topological polar surface area (TPSA) is 69.1 Å². The molecule has 3 atom stereocenters. The lowest BCUT2D eigenvalue weighted by molar-refractivity contribution is -0.0180. The summed E-state index contributed by atoms with van der Waals surface area (Å²) in [6.07, 6.45) is 1.20. The van der Waals surface area contributed by atoms with Crippen LogP contribution in [0.4, 0.5) is 0 Å². The van der Waals surface area contributed by atoms with Crippen molar-refractivity contribution in [2.45, 2.75) is 38.8 Å². The van der Waals surface area contributed by atoms with Crippen LogP contribution in [0, 0.1) is 5.92 Å². The molecule has 1 saturated carbocycles. The molecule has 1 aliphatic heterocycles. The summed E-state index contributed by atoms with van der Waals surface area (Å²) in [5, 5.41) is 17.2. The molecule has 0 radical (unpaired) electrons. The van der Waals surface area contributed by atoms with Gasteiger partial charge in [0, 0.05) is 32.2 Å². The number of rotatable bonds is 6. The van der Waals surface area contributed by atoms with E-state index in [-0.39, 0.29) is 24.0 Å². The van der Waals surface area contributed by atoms with Gasteiger partial charge in [0.25, 0.3) is 0 Å². The summed E-state index contributed by atoms with van der Waals surface area (Å²) in [5.41, 5.74) is -0.811. The lowest BCUT2D eigenvalue weighted by atomic mass is 10.1. The Bertz CT molecular complexity index is 359. The highest BCUT2D eigenvalue weighted by Gasteiger charge is 2.33. The van der Waals surface area contributed by atoms with Crippen LogP contribution in [-0.4, -0.2) is 73.5 Å². The Hall–Kier alpha value is -0.120. The molecule has 1 aliphatic carbocycles. The number of nitrogens with one attached hydrogen (secondary N) is 2. The van der Waals surface area contributed by atoms with Crippen molar-refractivity contribution in [2.75, 3.05) is 45.9 Å². The number of β-amino-alcohol motifs (C(OH)–C–C–N with tert-alkyl or cyclic N) is 1. The average Bonchev–Trinajstić information content (AvgIpc) is 3.12. The highest BCUT2D eigenvalue weighted by atomic mass is 127. The van der Waals surface area contributed by atoms with E-state index in [2.05, 4.69) is 34.4 Å². The maximum Gasteiger partial charge on any atom is 0.191 e. The number of hydrogen-bond acceptors (Lipinski definition) is 4. The van der Waals surface area contributed by atoms with Crippen molar-refractivity contribution in [1.29, 1.82) is 0 Å². The molecule has 0 spiro atoms. The van der Waals surface area contributed by atoms with Gasteiger partial charge >= 0.3 is 0 Å². The first-order chi connectivity index (χ1) is 10.00. The minimum absolute atomic E-state index is 0. The summed E-state index contributed by atoms with van der Waals surface area (Å²) in [6, 6.07) is 0.534. The molecular weight excluding hydrogens is 395 g/mol. The maximum atomic E-state index is 10.5. The number of ether oxygens (including phenoxy) is 1. The molecule has 3 unspecified atom stereocenters. The smallest absolute Gasteiger partial charge is 0.191 e. The first kappa shape index (κ1) is 19.9. The monoisotopic (exact) mass is 426 g/mol. The van der Waals surface area contributed by atoms with Crippen molar-refractivity contribution in [3.8, 4) is 0 Å². The van der Waals surface area contributed by atoms with E-state index in [0.29, 0.717) is 19.1 Å². The third-order valence-electron chi connectivity index (χ3n) is 4.02. The highest BCUT2D eigenvalue weighted by Crippen LogP contribution is 2.28. The molecule has 130 valence electrons. The average molecular weight is 426 g/mol. The minimum atomic E-state index is -0.811. The Kier molecular flexibility index (Phi) is 8.37. The summed E-state index contributed by atoms with van der Waals surface area (Å²) < 4.78 is 5.33. The summed E-state index contributed by atoms with van der Waals surface area (Å²) in [6.45, 7) is 11.3. The van der Waals surface area contributed by atoms with Crippen LogP contribution in [0.1, 0.15) is 27.2 Å². The Balaban J connectivity index is 0.00000242. The molecule has 0 aromatic rings. The predicted octanol–water partition coefficient (Wildman–Crippen LogP) is 0.651. The Labute approximate surface area is 151 Å². The van der Waals surface area contributed by atoms with Crippen LogP contribution < -0.4 is 10.6 Å². The minimum Gasteiger partial charge on any atom is -0.387 e. The fourth-order valence-electron chi connectivity index (χ4n) is 2.56.